The van der Waals surface area contributed by atoms with Crippen molar-refractivity contribution < 1.29 is 4.79 Å². The number of nitrogens with one attached hydrogen (secondary N) is 3. The first-order valence-electron chi connectivity index (χ1n) is 8.58. The molecule has 6 heteroatoms. The van der Waals surface area contributed by atoms with Gasteiger partial charge in [-0.2, -0.15) is 0 Å². The van der Waals surface area contributed by atoms with Crippen LogP contribution in [0.2, 0.25) is 0 Å². The van der Waals surface area contributed by atoms with E-state index in [0.717, 1.165) is 12.2 Å². The summed E-state index contributed by atoms with van der Waals surface area (Å²) < 4.78 is 0. The Balaban J connectivity index is 1.60. The Kier molecular flexibility index (Phi) is 4.40. The molecule has 25 heavy (non-hydrogen) atoms. The number of anilines is 1. The summed E-state index contributed by atoms with van der Waals surface area (Å²) in [5.41, 5.74) is 3.87. The minimum absolute atomic E-state index is 0.177. The molecule has 1 fully saturated rings. The van der Waals surface area contributed by atoms with Gasteiger partial charge in [0.2, 0.25) is 0 Å². The molecule has 2 heterocycles. The summed E-state index contributed by atoms with van der Waals surface area (Å²) in [6, 6.07) is 10.9. The van der Waals surface area contributed by atoms with Gasteiger partial charge in [0.05, 0.1) is 12.2 Å². The largest absolute Gasteiger partial charge is 0.355 e. The average Bonchev–Trinajstić information content (AvgIpc) is 3.07. The number of fused-ring (bicyclic) bond motifs is 1. The molecule has 0 atom stereocenters. The summed E-state index contributed by atoms with van der Waals surface area (Å²) in [5.74, 6) is 0.345. The smallest absolute Gasteiger partial charge is 0.275 e. The zero-order chi connectivity index (χ0) is 17.2. The maximum absolute atomic E-state index is 12.1. The molecular formula is C19H20N4OS. The van der Waals surface area contributed by atoms with Crippen molar-refractivity contribution in [1.82, 2.24) is 15.6 Å². The molecule has 0 spiro atoms. The molecule has 3 N–H and O–H groups in total. The molecule has 1 aliphatic carbocycles. The van der Waals surface area contributed by atoms with Gasteiger partial charge in [-0.25, -0.2) is 0 Å². The Labute approximate surface area is 152 Å². The predicted octanol–water partition coefficient (Wildman–Crippen LogP) is 2.85. The van der Waals surface area contributed by atoms with Crippen LogP contribution in [0.4, 0.5) is 5.69 Å². The lowest BCUT2D eigenvalue weighted by Crippen LogP contribution is -2.41. The highest BCUT2D eigenvalue weighted by molar-refractivity contribution is 7.78. The Morgan fingerprint density at radius 3 is 2.76 bits per heavy atom. The van der Waals surface area contributed by atoms with Crippen molar-refractivity contribution in [3.05, 3.63) is 59.2 Å². The van der Waals surface area contributed by atoms with E-state index in [9.17, 15) is 4.79 Å². The molecule has 1 saturated carbocycles. The van der Waals surface area contributed by atoms with Gasteiger partial charge < -0.3 is 15.2 Å². The minimum Gasteiger partial charge on any atom is -0.355 e. The molecular weight excluding hydrogens is 332 g/mol. The van der Waals surface area contributed by atoms with E-state index in [4.69, 9.17) is 12.2 Å². The lowest BCUT2D eigenvalue weighted by Gasteiger charge is -2.31. The van der Waals surface area contributed by atoms with Crippen LogP contribution in [0.3, 0.4) is 0 Å². The van der Waals surface area contributed by atoms with Crippen molar-refractivity contribution in [2.75, 3.05) is 4.90 Å². The average molecular weight is 352 g/mol. The first-order valence-corrected chi connectivity index (χ1v) is 8.98. The highest BCUT2D eigenvalue weighted by Gasteiger charge is 2.28. The van der Waals surface area contributed by atoms with E-state index in [1.54, 1.807) is 6.20 Å². The fraction of sp³-hybridized carbons (Fsp3) is 0.316. The fourth-order valence-corrected chi connectivity index (χ4v) is 3.45. The second-order valence-electron chi connectivity index (χ2n) is 6.51. The highest BCUT2D eigenvalue weighted by atomic mass is 32.1. The molecule has 1 aromatic heterocycles. The van der Waals surface area contributed by atoms with Crippen LogP contribution in [0.25, 0.3) is 0 Å². The molecule has 5 nitrogen and oxygen atoms in total. The Morgan fingerprint density at radius 2 is 2.04 bits per heavy atom. The summed E-state index contributed by atoms with van der Waals surface area (Å²) in [6.45, 7) is 1.49. The number of carbonyl (C=O) groups is 1. The van der Waals surface area contributed by atoms with Crippen molar-refractivity contribution in [2.45, 2.75) is 38.4 Å². The van der Waals surface area contributed by atoms with Crippen molar-refractivity contribution >= 4 is 28.8 Å². The lowest BCUT2D eigenvalue weighted by atomic mass is 9.93. The Morgan fingerprint density at radius 1 is 1.24 bits per heavy atom. The number of hydrogen-bond acceptors (Lipinski definition) is 4. The van der Waals surface area contributed by atoms with Crippen LogP contribution in [0.1, 0.15) is 40.9 Å². The molecule has 0 radical (unpaired) electrons. The zero-order valence-corrected chi connectivity index (χ0v) is 14.7. The van der Waals surface area contributed by atoms with Gasteiger partial charge in [-0.1, -0.05) is 30.7 Å². The molecule has 4 rings (SSSR count). The third-order valence-corrected chi connectivity index (χ3v) is 5.17. The van der Waals surface area contributed by atoms with E-state index < -0.39 is 0 Å². The Bertz CT molecular complexity index is 849. The van der Waals surface area contributed by atoms with Crippen LogP contribution in [-0.4, -0.2) is 22.0 Å². The number of H-pyrrole nitrogens is 1. The summed E-state index contributed by atoms with van der Waals surface area (Å²) in [7, 11) is 0. The van der Waals surface area contributed by atoms with E-state index in [1.807, 2.05) is 17.0 Å². The number of rotatable bonds is 5. The van der Waals surface area contributed by atoms with E-state index in [0.29, 0.717) is 24.1 Å². The number of thiocarbonyl (C=S) groups is 1. The monoisotopic (exact) mass is 352 g/mol. The standard InChI is InChI=1S/C19H20N4OS/c24-19-18-16(8-9-20-18)23(17(12-25)22-19)11-14-5-2-1-4-13(14)10-21-15-6-3-7-15/h1-2,4-5,8-9,15,20-21H,3,6-7,10-11H2,(H,22,24). The molecule has 0 saturated heterocycles. The van der Waals surface area contributed by atoms with Gasteiger partial charge in [0.25, 0.3) is 5.91 Å². The number of amides is 1. The molecule has 128 valence electrons. The molecule has 0 bridgehead atoms. The lowest BCUT2D eigenvalue weighted by molar-refractivity contribution is 0.0957. The second kappa shape index (κ2) is 6.84. The Hall–Kier alpha value is -2.40. The van der Waals surface area contributed by atoms with Gasteiger partial charge in [-0.3, -0.25) is 10.1 Å². The SMILES string of the molecule is O=C1NC(=C=S)N(Cc2ccccc2CNC2CCC2)c2cc[nH]c21. The van der Waals surface area contributed by atoms with Crippen LogP contribution in [0.5, 0.6) is 0 Å². The quantitative estimate of drug-likeness (QED) is 0.724. The van der Waals surface area contributed by atoms with E-state index >= 15 is 0 Å². The maximum atomic E-state index is 12.1. The first kappa shape index (κ1) is 16.1. The number of hydrogen-bond donors (Lipinski definition) is 3. The summed E-state index contributed by atoms with van der Waals surface area (Å²) >= 11 is 5.00. The van der Waals surface area contributed by atoms with Crippen LogP contribution in [-0.2, 0) is 13.1 Å². The summed E-state index contributed by atoms with van der Waals surface area (Å²) in [5, 5.41) is 9.12. The van der Waals surface area contributed by atoms with Gasteiger partial charge >= 0.3 is 0 Å². The molecule has 1 aliphatic heterocycles. The number of nitrogens with zero attached hydrogens (tertiary/aromatic N) is 1. The predicted molar refractivity (Wildman–Crippen MR) is 101 cm³/mol. The number of aromatic nitrogens is 1. The van der Waals surface area contributed by atoms with Crippen molar-refractivity contribution in [3.63, 3.8) is 0 Å². The minimum atomic E-state index is -0.177. The van der Waals surface area contributed by atoms with Crippen LogP contribution < -0.4 is 15.5 Å². The third kappa shape index (κ3) is 3.12. The summed E-state index contributed by atoms with van der Waals surface area (Å²) in [6.07, 6.45) is 5.63. The highest BCUT2D eigenvalue weighted by Crippen LogP contribution is 2.29. The van der Waals surface area contributed by atoms with Gasteiger partial charge in [0, 0.05) is 18.8 Å². The normalized spacial score (nSPS) is 16.9. The van der Waals surface area contributed by atoms with Gasteiger partial charge in [-0.05, 0) is 47.3 Å². The third-order valence-electron chi connectivity index (χ3n) is 4.97. The first-order chi connectivity index (χ1) is 12.3. The van der Waals surface area contributed by atoms with Crippen molar-refractivity contribution in [3.8, 4) is 0 Å². The van der Waals surface area contributed by atoms with E-state index in [1.165, 1.54) is 30.4 Å². The van der Waals surface area contributed by atoms with E-state index in [2.05, 4.69) is 38.8 Å². The number of aromatic amines is 1. The molecule has 1 amide bonds. The second-order valence-corrected chi connectivity index (χ2v) is 6.71. The summed E-state index contributed by atoms with van der Waals surface area (Å²) in [4.78, 5) is 17.1. The molecule has 2 aliphatic rings. The van der Waals surface area contributed by atoms with Gasteiger partial charge in [0.15, 0.2) is 5.82 Å². The fourth-order valence-electron chi connectivity index (χ4n) is 3.29. The molecule has 0 unspecified atom stereocenters. The van der Waals surface area contributed by atoms with Crippen LogP contribution in [0.15, 0.2) is 42.3 Å². The van der Waals surface area contributed by atoms with Crippen LogP contribution in [0, 0.1) is 0 Å². The number of carbonyl (C=O) groups excluding carboxylic acids is 1. The maximum Gasteiger partial charge on any atom is 0.275 e. The number of benzene rings is 1. The van der Waals surface area contributed by atoms with Gasteiger partial charge in [-0.15, -0.1) is 0 Å². The van der Waals surface area contributed by atoms with Gasteiger partial charge in [0.1, 0.15) is 5.69 Å². The van der Waals surface area contributed by atoms with Crippen LogP contribution >= 0.6 is 12.2 Å². The molecule has 1 aromatic carbocycles. The van der Waals surface area contributed by atoms with Crippen molar-refractivity contribution in [1.29, 1.82) is 0 Å². The molecule has 2 aromatic rings. The topological polar surface area (TPSA) is 60.2 Å². The van der Waals surface area contributed by atoms with E-state index in [-0.39, 0.29) is 5.91 Å². The van der Waals surface area contributed by atoms with Crippen molar-refractivity contribution in [2.24, 2.45) is 0 Å². The zero-order valence-electron chi connectivity index (χ0n) is 13.8.